The van der Waals surface area contributed by atoms with Gasteiger partial charge in [0.25, 0.3) is 0 Å². The van der Waals surface area contributed by atoms with E-state index >= 15 is 0 Å². The third-order valence-electron chi connectivity index (χ3n) is 5.74. The summed E-state index contributed by atoms with van der Waals surface area (Å²) in [5.41, 5.74) is 5.66. The Morgan fingerprint density at radius 3 is 2.79 bits per heavy atom. The molecule has 182 valence electrons. The van der Waals surface area contributed by atoms with E-state index in [1.54, 1.807) is 0 Å². The zero-order chi connectivity index (χ0) is 24.8. The van der Waals surface area contributed by atoms with Crippen LogP contribution in [0.15, 0.2) is 23.2 Å². The van der Waals surface area contributed by atoms with Crippen LogP contribution in [0.25, 0.3) is 11.3 Å². The fourth-order valence-corrected chi connectivity index (χ4v) is 4.41. The molecule has 0 saturated heterocycles. The first kappa shape index (κ1) is 23.9. The van der Waals surface area contributed by atoms with Gasteiger partial charge in [-0.1, -0.05) is 0 Å². The molecule has 13 heteroatoms. The lowest BCUT2D eigenvalue weighted by Crippen LogP contribution is -2.43. The molecule has 1 atom stereocenters. The zero-order valence-electron chi connectivity index (χ0n) is 18.3. The average Bonchev–Trinajstić information content (AvgIpc) is 2.93. The van der Waals surface area contributed by atoms with Crippen molar-refractivity contribution in [3.63, 3.8) is 0 Å². The number of likely N-dealkylation sites (N-methyl/N-ethyl adjacent to an activating group) is 1. The number of aryl methyl sites for hydroxylation is 1. The summed E-state index contributed by atoms with van der Waals surface area (Å²) in [5.74, 6) is 0.288. The Hall–Kier alpha value is -3.25. The van der Waals surface area contributed by atoms with Crippen molar-refractivity contribution in [2.75, 3.05) is 39.0 Å². The van der Waals surface area contributed by atoms with Crippen molar-refractivity contribution in [1.29, 1.82) is 0 Å². The number of pyridine rings is 1. The van der Waals surface area contributed by atoms with Gasteiger partial charge in [-0.05, 0) is 30.7 Å². The van der Waals surface area contributed by atoms with Crippen LogP contribution in [0.3, 0.4) is 0 Å². The van der Waals surface area contributed by atoms with Gasteiger partial charge in [-0.25, -0.2) is 14.8 Å². The number of alkyl halides is 3. The number of aliphatic imine (C=N–C) groups is 1. The van der Waals surface area contributed by atoms with Gasteiger partial charge in [-0.15, -0.1) is 0 Å². The highest BCUT2D eigenvalue weighted by Gasteiger charge is 2.39. The molecular weight excluding hydrogens is 477 g/mol. The van der Waals surface area contributed by atoms with Crippen molar-refractivity contribution in [1.82, 2.24) is 19.2 Å². The smallest absolute Gasteiger partial charge is 0.418 e. The molecule has 0 aliphatic carbocycles. The quantitative estimate of drug-likeness (QED) is 0.611. The summed E-state index contributed by atoms with van der Waals surface area (Å²) in [4.78, 5) is 22.5. The number of ether oxygens (including phenoxy) is 1. The van der Waals surface area contributed by atoms with Crippen LogP contribution in [0, 0.1) is 6.92 Å². The van der Waals surface area contributed by atoms with Crippen molar-refractivity contribution in [3.8, 4) is 17.0 Å². The van der Waals surface area contributed by atoms with Crippen molar-refractivity contribution in [2.45, 2.75) is 19.3 Å². The molecule has 0 fully saturated rings. The van der Waals surface area contributed by atoms with Gasteiger partial charge in [-0.2, -0.15) is 13.2 Å². The molecule has 1 aromatic carbocycles. The molecule has 2 aliphatic heterocycles. The summed E-state index contributed by atoms with van der Waals surface area (Å²) in [6.45, 7) is 2.52. The summed E-state index contributed by atoms with van der Waals surface area (Å²) in [7, 11) is 1.46. The van der Waals surface area contributed by atoms with Gasteiger partial charge in [0.1, 0.15) is 30.7 Å². The number of anilines is 1. The first-order chi connectivity index (χ1) is 16.0. The van der Waals surface area contributed by atoms with Crippen molar-refractivity contribution in [2.24, 2.45) is 4.99 Å². The van der Waals surface area contributed by atoms with Crippen LogP contribution in [0.4, 0.5) is 29.5 Å². The van der Waals surface area contributed by atoms with Gasteiger partial charge in [0.2, 0.25) is 0 Å². The number of carboxylic acid groups (broad SMARTS) is 1. The number of halogens is 4. The number of nitrogen functional groups attached to an aromatic ring is 1. The molecule has 1 aromatic heterocycles. The van der Waals surface area contributed by atoms with E-state index < -0.39 is 24.0 Å². The number of carbonyl (C=O) groups is 1. The van der Waals surface area contributed by atoms with E-state index in [9.17, 15) is 18.0 Å². The predicted molar refractivity (Wildman–Crippen MR) is 120 cm³/mol. The average molecular weight is 499 g/mol. The maximum atomic E-state index is 13.9. The standard InChI is InChI=1S/C21H22ClF3N6O3/c1-11-7-15(26)28-18(17(11)21(23,24)25)12-8-13-16-14(9-12)34-6-5-30(4-3-29(2)20(32)33)19(16)31(22)10-27-13/h7-10,19H,3-6H2,1-2H3,(H2,26,28)(H,32,33). The summed E-state index contributed by atoms with van der Waals surface area (Å²) in [6, 6.07) is 4.17. The van der Waals surface area contributed by atoms with E-state index in [4.69, 9.17) is 27.4 Å². The molecule has 1 unspecified atom stereocenters. The van der Waals surface area contributed by atoms with Crippen molar-refractivity contribution >= 4 is 35.7 Å². The van der Waals surface area contributed by atoms with Gasteiger partial charge in [0.05, 0.1) is 22.5 Å². The van der Waals surface area contributed by atoms with E-state index in [1.807, 2.05) is 4.90 Å². The molecule has 2 aliphatic rings. The summed E-state index contributed by atoms with van der Waals surface area (Å²) >= 11 is 6.42. The van der Waals surface area contributed by atoms with E-state index in [1.165, 1.54) is 42.9 Å². The highest BCUT2D eigenvalue weighted by molar-refractivity contribution is 6.19. The first-order valence-electron chi connectivity index (χ1n) is 10.3. The van der Waals surface area contributed by atoms with E-state index in [0.29, 0.717) is 30.1 Å². The number of rotatable bonds is 4. The van der Waals surface area contributed by atoms with Gasteiger partial charge in [0.15, 0.2) is 0 Å². The second-order valence-electron chi connectivity index (χ2n) is 8.04. The molecule has 1 amide bonds. The minimum Gasteiger partial charge on any atom is -0.492 e. The monoisotopic (exact) mass is 498 g/mol. The lowest BCUT2D eigenvalue weighted by atomic mass is 9.97. The number of hydrogen-bond donors (Lipinski definition) is 2. The van der Waals surface area contributed by atoms with Gasteiger partial charge in [-0.3, -0.25) is 9.32 Å². The van der Waals surface area contributed by atoms with Crippen LogP contribution in [0.5, 0.6) is 5.75 Å². The Morgan fingerprint density at radius 2 is 2.12 bits per heavy atom. The topological polar surface area (TPSA) is 108 Å². The molecule has 0 spiro atoms. The lowest BCUT2D eigenvalue weighted by Gasteiger charge is -2.36. The third-order valence-corrected chi connectivity index (χ3v) is 6.02. The first-order valence-corrected chi connectivity index (χ1v) is 10.6. The van der Waals surface area contributed by atoms with Crippen LogP contribution >= 0.6 is 11.8 Å². The molecule has 2 aromatic rings. The number of benzene rings is 1. The predicted octanol–water partition coefficient (Wildman–Crippen LogP) is 4.09. The Labute approximate surface area is 198 Å². The number of aromatic nitrogens is 1. The second kappa shape index (κ2) is 8.84. The van der Waals surface area contributed by atoms with Gasteiger partial charge in [0, 0.05) is 44.0 Å². The van der Waals surface area contributed by atoms with Crippen LogP contribution in [0.2, 0.25) is 0 Å². The number of nitrogens with two attached hydrogens (primary N) is 1. The minimum atomic E-state index is -4.64. The molecule has 3 heterocycles. The Morgan fingerprint density at radius 1 is 1.38 bits per heavy atom. The zero-order valence-corrected chi connectivity index (χ0v) is 19.1. The molecular formula is C21H22ClF3N6O3. The summed E-state index contributed by atoms with van der Waals surface area (Å²) < 4.78 is 48.9. The van der Waals surface area contributed by atoms with Crippen LogP contribution in [0.1, 0.15) is 22.9 Å². The Kier molecular flexibility index (Phi) is 6.21. The van der Waals surface area contributed by atoms with E-state index in [2.05, 4.69) is 9.98 Å². The maximum absolute atomic E-state index is 13.9. The summed E-state index contributed by atoms with van der Waals surface area (Å²) in [6.07, 6.45) is -4.89. The van der Waals surface area contributed by atoms with E-state index in [-0.39, 0.29) is 35.8 Å². The Balaban J connectivity index is 1.81. The van der Waals surface area contributed by atoms with Crippen molar-refractivity contribution < 1.29 is 27.8 Å². The fourth-order valence-electron chi connectivity index (χ4n) is 4.14. The molecule has 4 rings (SSSR count). The van der Waals surface area contributed by atoms with Crippen molar-refractivity contribution in [3.05, 3.63) is 34.9 Å². The van der Waals surface area contributed by atoms with Gasteiger partial charge < -0.3 is 20.5 Å². The largest absolute Gasteiger partial charge is 0.492 e. The Bertz CT molecular complexity index is 1160. The molecule has 34 heavy (non-hydrogen) atoms. The number of amides is 1. The lowest BCUT2D eigenvalue weighted by molar-refractivity contribution is -0.137. The van der Waals surface area contributed by atoms with Crippen LogP contribution in [-0.4, -0.2) is 70.0 Å². The second-order valence-corrected chi connectivity index (χ2v) is 8.43. The maximum Gasteiger partial charge on any atom is 0.418 e. The third kappa shape index (κ3) is 4.42. The molecule has 9 nitrogen and oxygen atoms in total. The summed E-state index contributed by atoms with van der Waals surface area (Å²) in [5, 5.41) is 9.14. The number of nitrogens with zero attached hydrogens (tertiary/aromatic N) is 5. The normalized spacial score (nSPS) is 17.7. The molecule has 3 N–H and O–H groups in total. The molecule has 0 bridgehead atoms. The SMILES string of the molecule is Cc1cc(N)nc(-c2cc3c4c(c2)OCCN(CCN(C)C(=O)O)C4N(Cl)C=N3)c1C(F)(F)F. The molecule has 0 radical (unpaired) electrons. The number of hydrogen-bond acceptors (Lipinski definition) is 7. The highest BCUT2D eigenvalue weighted by atomic mass is 35.5. The molecule has 0 saturated carbocycles. The fraction of sp³-hybridized carbons (Fsp3) is 0.381. The van der Waals surface area contributed by atoms with Gasteiger partial charge >= 0.3 is 12.3 Å². The minimum absolute atomic E-state index is 0.0351. The highest BCUT2D eigenvalue weighted by Crippen LogP contribution is 2.47. The van der Waals surface area contributed by atoms with Crippen LogP contribution in [-0.2, 0) is 6.18 Å². The van der Waals surface area contributed by atoms with E-state index in [0.717, 1.165) is 4.90 Å². The van der Waals surface area contributed by atoms with Crippen LogP contribution < -0.4 is 10.5 Å².